The molecule has 0 aliphatic heterocycles. The standard InChI is InChI=1S/C9H9NO2S/c1-2-12-9(11)3-7-5-13-6-8(7)4-10/h5-6H,2-3H2,1H3. The van der Waals surface area contributed by atoms with E-state index in [0.717, 1.165) is 5.56 Å². The zero-order chi connectivity index (χ0) is 9.68. The number of ether oxygens (including phenoxy) is 1. The number of esters is 1. The fourth-order valence-corrected chi connectivity index (χ4v) is 1.71. The highest BCUT2D eigenvalue weighted by molar-refractivity contribution is 7.08. The molecule has 0 spiro atoms. The molecule has 0 radical (unpaired) electrons. The summed E-state index contributed by atoms with van der Waals surface area (Å²) in [5, 5.41) is 12.2. The van der Waals surface area contributed by atoms with E-state index in [1.54, 1.807) is 17.7 Å². The van der Waals surface area contributed by atoms with Crippen molar-refractivity contribution in [1.29, 1.82) is 5.26 Å². The molecule has 0 aromatic carbocycles. The predicted molar refractivity (Wildman–Crippen MR) is 49.4 cm³/mol. The minimum atomic E-state index is -0.280. The Labute approximate surface area is 80.6 Å². The number of nitrogens with zero attached hydrogens (tertiary/aromatic N) is 1. The van der Waals surface area contributed by atoms with E-state index in [1.807, 2.05) is 6.07 Å². The van der Waals surface area contributed by atoms with Crippen LogP contribution >= 0.6 is 11.3 Å². The molecular formula is C9H9NO2S. The minimum absolute atomic E-state index is 0.195. The van der Waals surface area contributed by atoms with Crippen molar-refractivity contribution in [3.05, 3.63) is 21.9 Å². The predicted octanol–water partition coefficient (Wildman–Crippen LogP) is 1.73. The van der Waals surface area contributed by atoms with Gasteiger partial charge in [0.1, 0.15) is 6.07 Å². The van der Waals surface area contributed by atoms with Crippen molar-refractivity contribution >= 4 is 17.3 Å². The lowest BCUT2D eigenvalue weighted by Gasteiger charge is -1.99. The maximum Gasteiger partial charge on any atom is 0.310 e. The molecule has 3 nitrogen and oxygen atoms in total. The third-order valence-electron chi connectivity index (χ3n) is 1.50. The van der Waals surface area contributed by atoms with Gasteiger partial charge in [-0.1, -0.05) is 0 Å². The lowest BCUT2D eigenvalue weighted by Crippen LogP contribution is -2.07. The Hall–Kier alpha value is -1.34. The molecule has 0 saturated carbocycles. The second-order valence-electron chi connectivity index (χ2n) is 2.40. The largest absolute Gasteiger partial charge is 0.466 e. The molecule has 4 heteroatoms. The minimum Gasteiger partial charge on any atom is -0.466 e. The highest BCUT2D eigenvalue weighted by atomic mass is 32.1. The van der Waals surface area contributed by atoms with Gasteiger partial charge in [0, 0.05) is 5.38 Å². The zero-order valence-electron chi connectivity index (χ0n) is 7.24. The summed E-state index contributed by atoms with van der Waals surface area (Å²) in [4.78, 5) is 11.1. The van der Waals surface area contributed by atoms with Crippen LogP contribution < -0.4 is 0 Å². The van der Waals surface area contributed by atoms with Crippen molar-refractivity contribution in [2.75, 3.05) is 6.61 Å². The monoisotopic (exact) mass is 195 g/mol. The first kappa shape index (κ1) is 9.75. The fraction of sp³-hybridized carbons (Fsp3) is 0.333. The molecule has 1 aromatic heterocycles. The first-order chi connectivity index (χ1) is 6.27. The third kappa shape index (κ3) is 2.56. The molecule has 0 saturated heterocycles. The Morgan fingerprint density at radius 1 is 1.69 bits per heavy atom. The second kappa shape index (κ2) is 4.63. The summed E-state index contributed by atoms with van der Waals surface area (Å²) in [5.74, 6) is -0.280. The van der Waals surface area contributed by atoms with Gasteiger partial charge in [-0.3, -0.25) is 4.79 Å². The van der Waals surface area contributed by atoms with E-state index in [-0.39, 0.29) is 12.4 Å². The molecule has 0 fully saturated rings. The number of rotatable bonds is 3. The van der Waals surface area contributed by atoms with Crippen LogP contribution in [-0.2, 0) is 16.0 Å². The molecule has 13 heavy (non-hydrogen) atoms. The van der Waals surface area contributed by atoms with Crippen molar-refractivity contribution in [3.8, 4) is 6.07 Å². The van der Waals surface area contributed by atoms with Gasteiger partial charge in [0.15, 0.2) is 0 Å². The van der Waals surface area contributed by atoms with Crippen LogP contribution in [-0.4, -0.2) is 12.6 Å². The summed E-state index contributed by atoms with van der Waals surface area (Å²) in [5.41, 5.74) is 1.32. The first-order valence-electron chi connectivity index (χ1n) is 3.88. The smallest absolute Gasteiger partial charge is 0.310 e. The van der Waals surface area contributed by atoms with Gasteiger partial charge in [-0.25, -0.2) is 0 Å². The average molecular weight is 195 g/mol. The zero-order valence-corrected chi connectivity index (χ0v) is 8.06. The second-order valence-corrected chi connectivity index (χ2v) is 3.15. The Bertz CT molecular complexity index is 338. The quantitative estimate of drug-likeness (QED) is 0.690. The SMILES string of the molecule is CCOC(=O)Cc1cscc1C#N. The Kier molecular flexibility index (Phi) is 3.47. The molecule has 0 aliphatic carbocycles. The van der Waals surface area contributed by atoms with Gasteiger partial charge >= 0.3 is 5.97 Å². The van der Waals surface area contributed by atoms with Crippen LogP contribution in [0.2, 0.25) is 0 Å². The van der Waals surface area contributed by atoms with Gasteiger partial charge in [0.25, 0.3) is 0 Å². The van der Waals surface area contributed by atoms with Crippen LogP contribution in [0.15, 0.2) is 10.8 Å². The Morgan fingerprint density at radius 3 is 3.08 bits per heavy atom. The fourth-order valence-electron chi connectivity index (χ4n) is 0.926. The number of thiophene rings is 1. The van der Waals surface area contributed by atoms with E-state index in [0.29, 0.717) is 12.2 Å². The van der Waals surface area contributed by atoms with Crippen LogP contribution in [0.1, 0.15) is 18.1 Å². The lowest BCUT2D eigenvalue weighted by atomic mass is 10.1. The number of carbonyl (C=O) groups is 1. The number of nitriles is 1. The third-order valence-corrected chi connectivity index (χ3v) is 2.30. The van der Waals surface area contributed by atoms with Crippen LogP contribution in [0.4, 0.5) is 0 Å². The summed E-state index contributed by atoms with van der Waals surface area (Å²) in [6.45, 7) is 2.14. The molecule has 1 heterocycles. The normalized spacial score (nSPS) is 9.23. The van der Waals surface area contributed by atoms with Crippen molar-refractivity contribution in [3.63, 3.8) is 0 Å². The van der Waals surface area contributed by atoms with E-state index < -0.39 is 0 Å². The molecule has 0 aliphatic rings. The van der Waals surface area contributed by atoms with Crippen LogP contribution in [0.3, 0.4) is 0 Å². The molecule has 0 amide bonds. The summed E-state index contributed by atoms with van der Waals surface area (Å²) >= 11 is 1.42. The van der Waals surface area contributed by atoms with Crippen LogP contribution in [0.5, 0.6) is 0 Å². The molecule has 0 N–H and O–H groups in total. The maximum absolute atomic E-state index is 11.1. The van der Waals surface area contributed by atoms with Gasteiger partial charge in [0.2, 0.25) is 0 Å². The van der Waals surface area contributed by atoms with E-state index in [1.165, 1.54) is 11.3 Å². The van der Waals surface area contributed by atoms with Crippen molar-refractivity contribution < 1.29 is 9.53 Å². The van der Waals surface area contributed by atoms with Crippen LogP contribution in [0.25, 0.3) is 0 Å². The molecule has 68 valence electrons. The molecule has 0 atom stereocenters. The van der Waals surface area contributed by atoms with Gasteiger partial charge in [-0.2, -0.15) is 16.6 Å². The molecule has 0 unspecified atom stereocenters. The molecular weight excluding hydrogens is 186 g/mol. The van der Waals surface area contributed by atoms with E-state index in [2.05, 4.69) is 0 Å². The van der Waals surface area contributed by atoms with E-state index in [4.69, 9.17) is 10.00 Å². The highest BCUT2D eigenvalue weighted by Gasteiger charge is 2.08. The summed E-state index contributed by atoms with van der Waals surface area (Å²) in [6.07, 6.45) is 0.195. The molecule has 1 aromatic rings. The Morgan fingerprint density at radius 2 is 2.46 bits per heavy atom. The first-order valence-corrected chi connectivity index (χ1v) is 4.83. The van der Waals surface area contributed by atoms with E-state index in [9.17, 15) is 4.79 Å². The van der Waals surface area contributed by atoms with Gasteiger partial charge in [-0.15, -0.1) is 0 Å². The number of hydrogen-bond donors (Lipinski definition) is 0. The highest BCUT2D eigenvalue weighted by Crippen LogP contribution is 2.14. The average Bonchev–Trinajstić information content (AvgIpc) is 2.52. The number of carbonyl (C=O) groups excluding carboxylic acids is 1. The topological polar surface area (TPSA) is 50.1 Å². The summed E-state index contributed by atoms with van der Waals surface area (Å²) < 4.78 is 4.77. The summed E-state index contributed by atoms with van der Waals surface area (Å²) in [7, 11) is 0. The lowest BCUT2D eigenvalue weighted by molar-refractivity contribution is -0.142. The van der Waals surface area contributed by atoms with E-state index >= 15 is 0 Å². The van der Waals surface area contributed by atoms with Crippen molar-refractivity contribution in [2.24, 2.45) is 0 Å². The molecule has 1 rings (SSSR count). The van der Waals surface area contributed by atoms with Crippen molar-refractivity contribution in [1.82, 2.24) is 0 Å². The Balaban J connectivity index is 2.64. The van der Waals surface area contributed by atoms with Gasteiger partial charge in [-0.05, 0) is 17.9 Å². The van der Waals surface area contributed by atoms with Gasteiger partial charge in [0.05, 0.1) is 18.6 Å². The summed E-state index contributed by atoms with van der Waals surface area (Å²) in [6, 6.07) is 2.03. The maximum atomic E-state index is 11.1. The number of hydrogen-bond acceptors (Lipinski definition) is 4. The van der Waals surface area contributed by atoms with Crippen LogP contribution in [0, 0.1) is 11.3 Å². The van der Waals surface area contributed by atoms with Crippen molar-refractivity contribution in [2.45, 2.75) is 13.3 Å². The molecule has 0 bridgehead atoms. The van der Waals surface area contributed by atoms with Gasteiger partial charge < -0.3 is 4.74 Å².